The lowest BCUT2D eigenvalue weighted by Crippen LogP contribution is -2.28. The van der Waals surface area contributed by atoms with Gasteiger partial charge in [-0.15, -0.1) is 0 Å². The maximum atomic E-state index is 5.35. The minimum absolute atomic E-state index is 0.188. The first kappa shape index (κ1) is 10.5. The third kappa shape index (κ3) is 1.85. The van der Waals surface area contributed by atoms with Gasteiger partial charge in [0.2, 0.25) is 5.89 Å². The monoisotopic (exact) mass is 229 g/mol. The fourth-order valence-corrected chi connectivity index (χ4v) is 2.27. The van der Waals surface area contributed by atoms with Crippen molar-refractivity contribution in [3.8, 4) is 0 Å². The lowest BCUT2D eigenvalue weighted by atomic mass is 9.91. The van der Waals surface area contributed by atoms with Crippen molar-refractivity contribution in [3.05, 3.63) is 47.1 Å². The van der Waals surface area contributed by atoms with Crippen molar-refractivity contribution in [1.29, 1.82) is 0 Å². The van der Waals surface area contributed by atoms with Gasteiger partial charge in [-0.25, -0.2) is 0 Å². The smallest absolute Gasteiger partial charge is 0.235 e. The molecule has 0 spiro atoms. The van der Waals surface area contributed by atoms with E-state index in [2.05, 4.69) is 39.7 Å². The number of aromatic nitrogens is 2. The van der Waals surface area contributed by atoms with Gasteiger partial charge in [-0.2, -0.15) is 4.98 Å². The Kier molecular flexibility index (Phi) is 2.65. The first-order valence-electron chi connectivity index (χ1n) is 5.99. The van der Waals surface area contributed by atoms with Gasteiger partial charge in [-0.3, -0.25) is 0 Å². The molecule has 0 saturated carbocycles. The molecule has 88 valence electrons. The summed E-state index contributed by atoms with van der Waals surface area (Å²) in [5, 5.41) is 7.36. The van der Waals surface area contributed by atoms with E-state index in [1.54, 1.807) is 0 Å². The average Bonchev–Trinajstić information content (AvgIpc) is 2.87. The minimum atomic E-state index is 0.188. The van der Waals surface area contributed by atoms with Gasteiger partial charge in [-0.1, -0.05) is 36.3 Å². The van der Waals surface area contributed by atoms with Crippen LogP contribution in [0.4, 0.5) is 0 Å². The SMILES string of the molecule is CCc1noc(C2CNCc3ccccc32)n1. The number of hydrogen-bond acceptors (Lipinski definition) is 4. The largest absolute Gasteiger partial charge is 0.339 e. The molecule has 1 N–H and O–H groups in total. The second-order valence-electron chi connectivity index (χ2n) is 4.28. The molecule has 2 heterocycles. The molecule has 4 nitrogen and oxygen atoms in total. The molecule has 2 aromatic rings. The number of aryl methyl sites for hydroxylation is 1. The van der Waals surface area contributed by atoms with Crippen molar-refractivity contribution in [1.82, 2.24) is 15.5 Å². The van der Waals surface area contributed by atoms with Crippen LogP contribution in [0.3, 0.4) is 0 Å². The Morgan fingerprint density at radius 1 is 1.41 bits per heavy atom. The van der Waals surface area contributed by atoms with Crippen LogP contribution in [-0.4, -0.2) is 16.7 Å². The molecule has 0 amide bonds. The summed E-state index contributed by atoms with van der Waals surface area (Å²) in [5.74, 6) is 1.69. The number of benzene rings is 1. The van der Waals surface area contributed by atoms with Crippen molar-refractivity contribution in [2.75, 3.05) is 6.54 Å². The van der Waals surface area contributed by atoms with Crippen LogP contribution in [0.5, 0.6) is 0 Å². The van der Waals surface area contributed by atoms with Crippen molar-refractivity contribution in [2.45, 2.75) is 25.8 Å². The molecule has 1 atom stereocenters. The van der Waals surface area contributed by atoms with Gasteiger partial charge >= 0.3 is 0 Å². The quantitative estimate of drug-likeness (QED) is 0.854. The number of nitrogens with zero attached hydrogens (tertiary/aromatic N) is 2. The minimum Gasteiger partial charge on any atom is -0.339 e. The van der Waals surface area contributed by atoms with Gasteiger partial charge in [0.1, 0.15) is 0 Å². The Balaban J connectivity index is 1.99. The van der Waals surface area contributed by atoms with Crippen LogP contribution < -0.4 is 5.32 Å². The standard InChI is InChI=1S/C13H15N3O/c1-2-12-15-13(17-16-12)11-8-14-7-9-5-3-4-6-10(9)11/h3-6,11,14H,2,7-8H2,1H3. The fraction of sp³-hybridized carbons (Fsp3) is 0.385. The fourth-order valence-electron chi connectivity index (χ4n) is 2.27. The molecule has 1 aliphatic heterocycles. The van der Waals surface area contributed by atoms with Gasteiger partial charge in [0, 0.05) is 19.5 Å². The van der Waals surface area contributed by atoms with Crippen LogP contribution >= 0.6 is 0 Å². The molecular weight excluding hydrogens is 214 g/mol. The number of nitrogens with one attached hydrogen (secondary N) is 1. The number of rotatable bonds is 2. The van der Waals surface area contributed by atoms with Crippen LogP contribution in [0.25, 0.3) is 0 Å². The Bertz CT molecular complexity index is 521. The average molecular weight is 229 g/mol. The third-order valence-electron chi connectivity index (χ3n) is 3.19. The van der Waals surface area contributed by atoms with E-state index in [9.17, 15) is 0 Å². The summed E-state index contributed by atoms with van der Waals surface area (Å²) in [6.07, 6.45) is 0.811. The summed E-state index contributed by atoms with van der Waals surface area (Å²) in [5.41, 5.74) is 2.62. The zero-order valence-electron chi connectivity index (χ0n) is 9.81. The van der Waals surface area contributed by atoms with Gasteiger partial charge < -0.3 is 9.84 Å². The maximum absolute atomic E-state index is 5.35. The topological polar surface area (TPSA) is 51.0 Å². The highest BCUT2D eigenvalue weighted by molar-refractivity contribution is 5.35. The highest BCUT2D eigenvalue weighted by Crippen LogP contribution is 2.28. The predicted octanol–water partition coefficient (Wildman–Crippen LogP) is 1.87. The lowest BCUT2D eigenvalue weighted by molar-refractivity contribution is 0.352. The second-order valence-corrected chi connectivity index (χ2v) is 4.28. The van der Waals surface area contributed by atoms with Crippen LogP contribution in [0.15, 0.2) is 28.8 Å². The van der Waals surface area contributed by atoms with Crippen molar-refractivity contribution in [3.63, 3.8) is 0 Å². The predicted molar refractivity (Wildman–Crippen MR) is 63.7 cm³/mol. The molecule has 17 heavy (non-hydrogen) atoms. The zero-order chi connectivity index (χ0) is 11.7. The van der Waals surface area contributed by atoms with E-state index in [1.807, 2.05) is 6.92 Å². The Morgan fingerprint density at radius 3 is 3.12 bits per heavy atom. The third-order valence-corrected chi connectivity index (χ3v) is 3.19. The number of fused-ring (bicyclic) bond motifs is 1. The second kappa shape index (κ2) is 4.30. The normalized spacial score (nSPS) is 19.0. The molecule has 1 aromatic carbocycles. The van der Waals surface area contributed by atoms with Gasteiger partial charge in [0.05, 0.1) is 5.92 Å². The van der Waals surface area contributed by atoms with Crippen LogP contribution in [-0.2, 0) is 13.0 Å². The van der Waals surface area contributed by atoms with E-state index < -0.39 is 0 Å². The molecule has 0 fully saturated rings. The molecule has 1 aliphatic rings. The Hall–Kier alpha value is -1.68. The van der Waals surface area contributed by atoms with E-state index in [4.69, 9.17) is 4.52 Å². The van der Waals surface area contributed by atoms with E-state index in [1.165, 1.54) is 11.1 Å². The molecule has 0 saturated heterocycles. The Morgan fingerprint density at radius 2 is 2.29 bits per heavy atom. The molecule has 3 rings (SSSR count). The highest BCUT2D eigenvalue weighted by Gasteiger charge is 2.25. The molecular formula is C13H15N3O. The molecule has 0 bridgehead atoms. The van der Waals surface area contributed by atoms with Crippen molar-refractivity contribution >= 4 is 0 Å². The van der Waals surface area contributed by atoms with E-state index in [0.717, 1.165) is 31.2 Å². The molecule has 1 unspecified atom stereocenters. The van der Waals surface area contributed by atoms with Crippen LogP contribution in [0, 0.1) is 0 Å². The first-order valence-corrected chi connectivity index (χ1v) is 5.99. The summed E-state index contributed by atoms with van der Waals surface area (Å²) in [4.78, 5) is 4.43. The maximum Gasteiger partial charge on any atom is 0.235 e. The summed E-state index contributed by atoms with van der Waals surface area (Å²) in [6.45, 7) is 3.81. The van der Waals surface area contributed by atoms with Crippen LogP contribution in [0.1, 0.15) is 35.7 Å². The Labute approximate surface area is 100 Å². The first-order chi connectivity index (χ1) is 8.38. The summed E-state index contributed by atoms with van der Waals surface area (Å²) >= 11 is 0. The van der Waals surface area contributed by atoms with E-state index in [0.29, 0.717) is 0 Å². The summed E-state index contributed by atoms with van der Waals surface area (Å²) in [7, 11) is 0. The van der Waals surface area contributed by atoms with Crippen LogP contribution in [0.2, 0.25) is 0 Å². The molecule has 1 aromatic heterocycles. The molecule has 0 radical (unpaired) electrons. The molecule has 4 heteroatoms. The van der Waals surface area contributed by atoms with E-state index in [-0.39, 0.29) is 5.92 Å². The zero-order valence-corrected chi connectivity index (χ0v) is 9.81. The van der Waals surface area contributed by atoms with E-state index >= 15 is 0 Å². The lowest BCUT2D eigenvalue weighted by Gasteiger charge is -2.23. The van der Waals surface area contributed by atoms with Crippen molar-refractivity contribution < 1.29 is 4.52 Å². The summed E-state index contributed by atoms with van der Waals surface area (Å²) in [6, 6.07) is 8.42. The highest BCUT2D eigenvalue weighted by atomic mass is 16.5. The molecule has 0 aliphatic carbocycles. The van der Waals surface area contributed by atoms with Crippen molar-refractivity contribution in [2.24, 2.45) is 0 Å². The van der Waals surface area contributed by atoms with Gasteiger partial charge in [0.25, 0.3) is 0 Å². The summed E-state index contributed by atoms with van der Waals surface area (Å²) < 4.78 is 5.35. The number of hydrogen-bond donors (Lipinski definition) is 1. The van der Waals surface area contributed by atoms with Gasteiger partial charge in [-0.05, 0) is 11.1 Å². The van der Waals surface area contributed by atoms with Gasteiger partial charge in [0.15, 0.2) is 5.82 Å².